The van der Waals surface area contributed by atoms with Crippen molar-refractivity contribution in [2.45, 2.75) is 52.2 Å². The van der Waals surface area contributed by atoms with Gasteiger partial charge in [-0.15, -0.1) is 0 Å². The van der Waals surface area contributed by atoms with Gasteiger partial charge >= 0.3 is 0 Å². The van der Waals surface area contributed by atoms with Gasteiger partial charge in [0.15, 0.2) is 0 Å². The third-order valence-electron chi connectivity index (χ3n) is 2.82. The van der Waals surface area contributed by atoms with E-state index in [0.717, 1.165) is 6.54 Å². The first-order valence-corrected chi connectivity index (χ1v) is 5.53. The van der Waals surface area contributed by atoms with Crippen LogP contribution in [0, 0.1) is 5.92 Å². The van der Waals surface area contributed by atoms with Crippen molar-refractivity contribution in [3.05, 3.63) is 0 Å². The fourth-order valence-electron chi connectivity index (χ4n) is 2.26. The maximum Gasteiger partial charge on any atom is 0.0667 e. The van der Waals surface area contributed by atoms with E-state index in [4.69, 9.17) is 0 Å². The lowest BCUT2D eigenvalue weighted by atomic mass is 9.97. The molecule has 1 aliphatic rings. The monoisotopic (exact) mass is 185 g/mol. The minimum atomic E-state index is -0.168. The van der Waals surface area contributed by atoms with Crippen LogP contribution in [0.25, 0.3) is 0 Å². The average Bonchev–Trinajstić information content (AvgIpc) is 2.03. The normalized spacial score (nSPS) is 27.9. The zero-order valence-corrected chi connectivity index (χ0v) is 9.16. The summed E-state index contributed by atoms with van der Waals surface area (Å²) in [5.74, 6) is 0.708. The van der Waals surface area contributed by atoms with Crippen molar-refractivity contribution in [1.29, 1.82) is 0 Å². The molecule has 0 aromatic heterocycles. The lowest BCUT2D eigenvalue weighted by Gasteiger charge is -2.38. The Kier molecular flexibility index (Phi) is 4.20. The van der Waals surface area contributed by atoms with Gasteiger partial charge in [-0.2, -0.15) is 0 Å². The SMILES string of the molecule is CC(C)CN1CCCCC1C(C)O. The van der Waals surface area contributed by atoms with Gasteiger partial charge in [-0.25, -0.2) is 0 Å². The number of aliphatic hydroxyl groups is 1. The minimum Gasteiger partial charge on any atom is -0.392 e. The predicted octanol–water partition coefficient (Wildman–Crippen LogP) is 1.88. The van der Waals surface area contributed by atoms with Gasteiger partial charge in [-0.05, 0) is 32.2 Å². The van der Waals surface area contributed by atoms with E-state index in [9.17, 15) is 5.11 Å². The van der Waals surface area contributed by atoms with Crippen molar-refractivity contribution >= 4 is 0 Å². The van der Waals surface area contributed by atoms with Crippen LogP contribution in [0.15, 0.2) is 0 Å². The van der Waals surface area contributed by atoms with E-state index in [1.165, 1.54) is 25.8 Å². The quantitative estimate of drug-likeness (QED) is 0.725. The van der Waals surface area contributed by atoms with Crippen molar-refractivity contribution in [1.82, 2.24) is 4.90 Å². The molecule has 1 saturated heterocycles. The van der Waals surface area contributed by atoms with Crippen LogP contribution in [0.5, 0.6) is 0 Å². The molecule has 2 unspecified atom stereocenters. The molecule has 2 nitrogen and oxygen atoms in total. The molecule has 1 aliphatic heterocycles. The van der Waals surface area contributed by atoms with E-state index in [1.54, 1.807) is 0 Å². The molecule has 13 heavy (non-hydrogen) atoms. The lowest BCUT2D eigenvalue weighted by Crippen LogP contribution is -2.47. The van der Waals surface area contributed by atoms with E-state index in [2.05, 4.69) is 18.7 Å². The molecular formula is C11H23NO. The second-order valence-corrected chi connectivity index (χ2v) is 4.69. The Labute approximate surface area is 81.9 Å². The molecule has 0 aromatic carbocycles. The van der Waals surface area contributed by atoms with Crippen molar-refractivity contribution in [2.24, 2.45) is 5.92 Å². The van der Waals surface area contributed by atoms with Gasteiger partial charge in [0, 0.05) is 12.6 Å². The van der Waals surface area contributed by atoms with Gasteiger partial charge in [-0.1, -0.05) is 20.3 Å². The second kappa shape index (κ2) is 4.97. The Bertz CT molecular complexity index is 145. The fourth-order valence-corrected chi connectivity index (χ4v) is 2.26. The molecule has 0 aliphatic carbocycles. The van der Waals surface area contributed by atoms with Gasteiger partial charge in [-0.3, -0.25) is 4.90 Å². The summed E-state index contributed by atoms with van der Waals surface area (Å²) in [4.78, 5) is 2.46. The summed E-state index contributed by atoms with van der Waals surface area (Å²) in [6.45, 7) is 8.72. The molecular weight excluding hydrogens is 162 g/mol. The number of likely N-dealkylation sites (tertiary alicyclic amines) is 1. The number of aliphatic hydroxyl groups excluding tert-OH is 1. The van der Waals surface area contributed by atoms with Gasteiger partial charge < -0.3 is 5.11 Å². The number of piperidine rings is 1. The molecule has 78 valence electrons. The van der Waals surface area contributed by atoms with Crippen LogP contribution in [0.4, 0.5) is 0 Å². The highest BCUT2D eigenvalue weighted by molar-refractivity contribution is 4.81. The number of hydrogen-bond donors (Lipinski definition) is 1. The molecule has 0 saturated carbocycles. The first-order chi connectivity index (χ1) is 6.11. The predicted molar refractivity (Wildman–Crippen MR) is 55.7 cm³/mol. The number of hydrogen-bond acceptors (Lipinski definition) is 2. The van der Waals surface area contributed by atoms with Crippen molar-refractivity contribution in [3.8, 4) is 0 Å². The molecule has 1 fully saturated rings. The Morgan fingerprint density at radius 2 is 2.00 bits per heavy atom. The Morgan fingerprint density at radius 1 is 1.31 bits per heavy atom. The van der Waals surface area contributed by atoms with Crippen LogP contribution in [0.3, 0.4) is 0 Å². The summed E-state index contributed by atoms with van der Waals surface area (Å²) < 4.78 is 0. The van der Waals surface area contributed by atoms with E-state index in [1.807, 2.05) is 6.92 Å². The Balaban J connectivity index is 2.46. The highest BCUT2D eigenvalue weighted by Gasteiger charge is 2.26. The molecule has 0 bridgehead atoms. The molecule has 1 heterocycles. The molecule has 0 spiro atoms. The lowest BCUT2D eigenvalue weighted by molar-refractivity contribution is 0.0300. The van der Waals surface area contributed by atoms with Crippen molar-refractivity contribution in [2.75, 3.05) is 13.1 Å². The van der Waals surface area contributed by atoms with Gasteiger partial charge in [0.1, 0.15) is 0 Å². The Morgan fingerprint density at radius 3 is 2.54 bits per heavy atom. The summed E-state index contributed by atoms with van der Waals surface area (Å²) in [6, 6.07) is 0.413. The molecule has 0 aromatic rings. The van der Waals surface area contributed by atoms with Crippen LogP contribution in [0.2, 0.25) is 0 Å². The number of nitrogens with zero attached hydrogens (tertiary/aromatic N) is 1. The summed E-state index contributed by atoms with van der Waals surface area (Å²) >= 11 is 0. The summed E-state index contributed by atoms with van der Waals surface area (Å²) in [5.41, 5.74) is 0. The Hall–Kier alpha value is -0.0800. The van der Waals surface area contributed by atoms with Crippen LogP contribution in [-0.2, 0) is 0 Å². The summed E-state index contributed by atoms with van der Waals surface area (Å²) in [7, 11) is 0. The number of rotatable bonds is 3. The van der Waals surface area contributed by atoms with Crippen LogP contribution in [-0.4, -0.2) is 35.2 Å². The van der Waals surface area contributed by atoms with Gasteiger partial charge in [0.25, 0.3) is 0 Å². The van der Waals surface area contributed by atoms with Crippen LogP contribution < -0.4 is 0 Å². The van der Waals surface area contributed by atoms with Crippen molar-refractivity contribution < 1.29 is 5.11 Å². The standard InChI is InChI=1S/C11H23NO/c1-9(2)8-12-7-5-4-6-11(12)10(3)13/h9-11,13H,4-8H2,1-3H3. The fraction of sp³-hybridized carbons (Fsp3) is 1.00. The highest BCUT2D eigenvalue weighted by Crippen LogP contribution is 2.20. The topological polar surface area (TPSA) is 23.5 Å². The highest BCUT2D eigenvalue weighted by atomic mass is 16.3. The molecule has 2 atom stereocenters. The average molecular weight is 185 g/mol. The molecule has 2 heteroatoms. The zero-order valence-electron chi connectivity index (χ0n) is 9.16. The largest absolute Gasteiger partial charge is 0.392 e. The summed E-state index contributed by atoms with van der Waals surface area (Å²) in [6.07, 6.45) is 3.59. The molecule has 1 N–H and O–H groups in total. The maximum absolute atomic E-state index is 9.62. The first-order valence-electron chi connectivity index (χ1n) is 5.53. The van der Waals surface area contributed by atoms with E-state index in [-0.39, 0.29) is 6.10 Å². The first kappa shape index (κ1) is 11.0. The molecule has 0 amide bonds. The third-order valence-corrected chi connectivity index (χ3v) is 2.82. The second-order valence-electron chi connectivity index (χ2n) is 4.69. The summed E-state index contributed by atoms with van der Waals surface area (Å²) in [5, 5.41) is 9.62. The van der Waals surface area contributed by atoms with Crippen LogP contribution in [0.1, 0.15) is 40.0 Å². The van der Waals surface area contributed by atoms with Gasteiger partial charge in [0.2, 0.25) is 0 Å². The smallest absolute Gasteiger partial charge is 0.0667 e. The third kappa shape index (κ3) is 3.28. The molecule has 0 radical (unpaired) electrons. The van der Waals surface area contributed by atoms with E-state index >= 15 is 0 Å². The van der Waals surface area contributed by atoms with Crippen LogP contribution >= 0.6 is 0 Å². The van der Waals surface area contributed by atoms with Crippen molar-refractivity contribution in [3.63, 3.8) is 0 Å². The minimum absolute atomic E-state index is 0.168. The van der Waals surface area contributed by atoms with E-state index in [0.29, 0.717) is 12.0 Å². The maximum atomic E-state index is 9.62. The van der Waals surface area contributed by atoms with Gasteiger partial charge in [0.05, 0.1) is 6.10 Å². The molecule has 1 rings (SSSR count). The zero-order chi connectivity index (χ0) is 9.84. The van der Waals surface area contributed by atoms with E-state index < -0.39 is 0 Å².